The molecule has 0 aliphatic rings. The Morgan fingerprint density at radius 3 is 2.76 bits per heavy atom. The van der Waals surface area contributed by atoms with Crippen molar-refractivity contribution in [3.63, 3.8) is 0 Å². The summed E-state index contributed by atoms with van der Waals surface area (Å²) in [6.07, 6.45) is 1.40. The molecule has 3 heteroatoms. The van der Waals surface area contributed by atoms with Crippen molar-refractivity contribution in [3.8, 4) is 0 Å². The number of hydrogen-bond donors (Lipinski definition) is 1. The molecule has 1 aromatic heterocycles. The summed E-state index contributed by atoms with van der Waals surface area (Å²) in [5.41, 5.74) is 2.43. The van der Waals surface area contributed by atoms with Gasteiger partial charge in [0.2, 0.25) is 0 Å². The Morgan fingerprint density at radius 2 is 2.12 bits per heavy atom. The molecule has 0 fully saturated rings. The van der Waals surface area contributed by atoms with Gasteiger partial charge in [0.05, 0.1) is 6.10 Å². The lowest BCUT2D eigenvalue weighted by Crippen LogP contribution is -2.02. The van der Waals surface area contributed by atoms with E-state index < -0.39 is 6.10 Å². The topological polar surface area (TPSA) is 33.1 Å². The van der Waals surface area contributed by atoms with Crippen molar-refractivity contribution in [2.24, 2.45) is 0 Å². The van der Waals surface area contributed by atoms with Crippen molar-refractivity contribution >= 4 is 0 Å². The first-order valence-electron chi connectivity index (χ1n) is 5.50. The molecule has 88 valence electrons. The van der Waals surface area contributed by atoms with Crippen LogP contribution < -0.4 is 0 Å². The molecule has 2 nitrogen and oxygen atoms in total. The van der Waals surface area contributed by atoms with Crippen LogP contribution in [0.25, 0.3) is 0 Å². The van der Waals surface area contributed by atoms with Crippen LogP contribution in [0.5, 0.6) is 0 Å². The monoisotopic (exact) mass is 231 g/mol. The average Bonchev–Trinajstić information content (AvgIpc) is 2.29. The highest BCUT2D eigenvalue weighted by molar-refractivity contribution is 5.21. The first kappa shape index (κ1) is 11.7. The molecule has 17 heavy (non-hydrogen) atoms. The molecular formula is C14H14FNO. The molecule has 0 bridgehead atoms. The minimum atomic E-state index is -0.648. The molecule has 2 aromatic rings. The van der Waals surface area contributed by atoms with E-state index in [0.29, 0.717) is 6.42 Å². The van der Waals surface area contributed by atoms with Crippen LogP contribution in [-0.2, 0) is 6.42 Å². The van der Waals surface area contributed by atoms with Gasteiger partial charge in [0, 0.05) is 18.3 Å². The van der Waals surface area contributed by atoms with Gasteiger partial charge in [-0.1, -0.05) is 18.2 Å². The SMILES string of the molecule is Cc1ccc(C(O)Cc2cccc(F)c2)cn1. The molecule has 1 atom stereocenters. The van der Waals surface area contributed by atoms with Crippen molar-refractivity contribution in [1.82, 2.24) is 4.98 Å². The van der Waals surface area contributed by atoms with Gasteiger partial charge in [-0.2, -0.15) is 0 Å². The molecule has 1 heterocycles. The maximum atomic E-state index is 13.0. The van der Waals surface area contributed by atoms with Gasteiger partial charge in [-0.05, 0) is 36.2 Å². The van der Waals surface area contributed by atoms with Crippen LogP contribution in [0.15, 0.2) is 42.6 Å². The van der Waals surface area contributed by atoms with Crippen LogP contribution in [0, 0.1) is 12.7 Å². The number of aliphatic hydroxyl groups is 1. The van der Waals surface area contributed by atoms with E-state index in [0.717, 1.165) is 16.8 Å². The minimum Gasteiger partial charge on any atom is -0.388 e. The summed E-state index contributed by atoms with van der Waals surface area (Å²) in [6, 6.07) is 9.96. The highest BCUT2D eigenvalue weighted by Gasteiger charge is 2.09. The number of hydrogen-bond acceptors (Lipinski definition) is 2. The first-order valence-corrected chi connectivity index (χ1v) is 5.50. The molecule has 2 rings (SSSR count). The second kappa shape index (κ2) is 5.06. The molecule has 0 saturated heterocycles. The number of halogens is 1. The van der Waals surface area contributed by atoms with Crippen LogP contribution in [-0.4, -0.2) is 10.1 Å². The van der Waals surface area contributed by atoms with Crippen LogP contribution >= 0.6 is 0 Å². The third-order valence-electron chi connectivity index (χ3n) is 2.64. The van der Waals surface area contributed by atoms with Gasteiger partial charge in [0.25, 0.3) is 0 Å². The quantitative estimate of drug-likeness (QED) is 0.881. The summed E-state index contributed by atoms with van der Waals surface area (Å²) in [7, 11) is 0. The predicted molar refractivity (Wildman–Crippen MR) is 64.0 cm³/mol. The Hall–Kier alpha value is -1.74. The summed E-state index contributed by atoms with van der Waals surface area (Å²) in [6.45, 7) is 1.89. The van der Waals surface area contributed by atoms with Gasteiger partial charge in [-0.3, -0.25) is 4.98 Å². The molecule has 0 spiro atoms. The number of aromatic nitrogens is 1. The number of nitrogens with zero attached hydrogens (tertiary/aromatic N) is 1. The van der Waals surface area contributed by atoms with Crippen molar-refractivity contribution in [2.75, 3.05) is 0 Å². The fraction of sp³-hybridized carbons (Fsp3) is 0.214. The van der Waals surface area contributed by atoms with E-state index in [1.807, 2.05) is 19.1 Å². The smallest absolute Gasteiger partial charge is 0.123 e. The number of aryl methyl sites for hydroxylation is 1. The molecular weight excluding hydrogens is 217 g/mol. The summed E-state index contributed by atoms with van der Waals surface area (Å²) in [4.78, 5) is 4.13. The molecule has 0 aliphatic heterocycles. The third kappa shape index (κ3) is 3.11. The molecule has 1 unspecified atom stereocenters. The third-order valence-corrected chi connectivity index (χ3v) is 2.64. The molecule has 0 aliphatic carbocycles. The molecule has 1 aromatic carbocycles. The maximum absolute atomic E-state index is 13.0. The summed E-state index contributed by atoms with van der Waals surface area (Å²) in [5.74, 6) is -0.281. The lowest BCUT2D eigenvalue weighted by Gasteiger charge is -2.10. The van der Waals surface area contributed by atoms with Crippen molar-refractivity contribution in [3.05, 3.63) is 65.2 Å². The lowest BCUT2D eigenvalue weighted by molar-refractivity contribution is 0.178. The summed E-state index contributed by atoms with van der Waals surface area (Å²) >= 11 is 0. The van der Waals surface area contributed by atoms with Gasteiger partial charge >= 0.3 is 0 Å². The fourth-order valence-corrected chi connectivity index (χ4v) is 1.68. The largest absolute Gasteiger partial charge is 0.388 e. The standard InChI is InChI=1S/C14H14FNO/c1-10-5-6-12(9-16-10)14(17)8-11-3-2-4-13(15)7-11/h2-7,9,14,17H,8H2,1H3. The van der Waals surface area contributed by atoms with Gasteiger partial charge < -0.3 is 5.11 Å². The minimum absolute atomic E-state index is 0.281. The molecule has 0 radical (unpaired) electrons. The second-order valence-corrected chi connectivity index (χ2v) is 4.08. The van der Waals surface area contributed by atoms with Crippen LogP contribution in [0.2, 0.25) is 0 Å². The zero-order chi connectivity index (χ0) is 12.3. The van der Waals surface area contributed by atoms with Gasteiger partial charge in [0.15, 0.2) is 0 Å². The number of rotatable bonds is 3. The average molecular weight is 231 g/mol. The van der Waals surface area contributed by atoms with Crippen LogP contribution in [0.4, 0.5) is 4.39 Å². The zero-order valence-corrected chi connectivity index (χ0v) is 9.60. The van der Waals surface area contributed by atoms with Crippen molar-refractivity contribution in [2.45, 2.75) is 19.4 Å². The predicted octanol–water partition coefficient (Wildman–Crippen LogP) is 2.81. The van der Waals surface area contributed by atoms with Crippen LogP contribution in [0.1, 0.15) is 22.9 Å². The van der Waals surface area contributed by atoms with E-state index in [1.165, 1.54) is 12.1 Å². The molecule has 0 amide bonds. The van der Waals surface area contributed by atoms with Crippen LogP contribution in [0.3, 0.4) is 0 Å². The fourth-order valence-electron chi connectivity index (χ4n) is 1.68. The summed E-state index contributed by atoms with van der Waals surface area (Å²) < 4.78 is 13.0. The number of aliphatic hydroxyl groups excluding tert-OH is 1. The number of pyridine rings is 1. The Bertz CT molecular complexity index is 496. The maximum Gasteiger partial charge on any atom is 0.123 e. The van der Waals surface area contributed by atoms with Gasteiger partial charge in [-0.15, -0.1) is 0 Å². The normalized spacial score (nSPS) is 12.4. The Balaban J connectivity index is 2.11. The van der Waals surface area contributed by atoms with E-state index in [9.17, 15) is 9.50 Å². The highest BCUT2D eigenvalue weighted by Crippen LogP contribution is 2.18. The van der Waals surface area contributed by atoms with Gasteiger partial charge in [-0.25, -0.2) is 4.39 Å². The zero-order valence-electron chi connectivity index (χ0n) is 9.60. The van der Waals surface area contributed by atoms with E-state index in [2.05, 4.69) is 4.98 Å². The van der Waals surface area contributed by atoms with E-state index in [-0.39, 0.29) is 5.82 Å². The van der Waals surface area contributed by atoms with E-state index in [1.54, 1.807) is 18.3 Å². The summed E-state index contributed by atoms with van der Waals surface area (Å²) in [5, 5.41) is 9.99. The van der Waals surface area contributed by atoms with Crippen molar-refractivity contribution < 1.29 is 9.50 Å². The van der Waals surface area contributed by atoms with E-state index in [4.69, 9.17) is 0 Å². The Labute approximate surface area is 99.8 Å². The van der Waals surface area contributed by atoms with E-state index >= 15 is 0 Å². The Morgan fingerprint density at radius 1 is 1.29 bits per heavy atom. The highest BCUT2D eigenvalue weighted by atomic mass is 19.1. The first-order chi connectivity index (χ1) is 8.15. The second-order valence-electron chi connectivity index (χ2n) is 4.08. The number of benzene rings is 1. The molecule has 0 saturated carbocycles. The van der Waals surface area contributed by atoms with Gasteiger partial charge in [0.1, 0.15) is 5.82 Å². The Kier molecular flexibility index (Phi) is 3.49. The van der Waals surface area contributed by atoms with Crippen molar-refractivity contribution in [1.29, 1.82) is 0 Å². The lowest BCUT2D eigenvalue weighted by atomic mass is 10.0. The molecule has 1 N–H and O–H groups in total.